The maximum atomic E-state index is 8.96. The molecule has 0 aliphatic carbocycles. The van der Waals surface area contributed by atoms with E-state index >= 15 is 0 Å². The third-order valence-electron chi connectivity index (χ3n) is 1.59. The van der Waals surface area contributed by atoms with Crippen LogP contribution >= 0.6 is 0 Å². The Balaban J connectivity index is 2.66. The molecule has 0 saturated heterocycles. The van der Waals surface area contributed by atoms with E-state index in [1.54, 1.807) is 0 Å². The first-order chi connectivity index (χ1) is 5.18. The van der Waals surface area contributed by atoms with Gasteiger partial charge in [0.15, 0.2) is 0 Å². The van der Waals surface area contributed by atoms with Crippen LogP contribution in [0.5, 0.6) is 0 Å². The van der Waals surface area contributed by atoms with Crippen molar-refractivity contribution in [2.24, 2.45) is 0 Å². The SMILES string of the molecule is [CH2]C(O)Cc1ccc(C)cc1. The zero-order valence-electron chi connectivity index (χ0n) is 6.75. The first kappa shape index (κ1) is 8.28. The van der Waals surface area contributed by atoms with Crippen LogP contribution < -0.4 is 0 Å². The van der Waals surface area contributed by atoms with Crippen LogP contribution in [-0.4, -0.2) is 11.2 Å². The quantitative estimate of drug-likeness (QED) is 0.679. The van der Waals surface area contributed by atoms with Crippen LogP contribution in [-0.2, 0) is 6.42 Å². The maximum absolute atomic E-state index is 8.96. The van der Waals surface area contributed by atoms with Gasteiger partial charge in [-0.15, -0.1) is 0 Å². The van der Waals surface area contributed by atoms with E-state index in [2.05, 4.69) is 6.92 Å². The molecule has 11 heavy (non-hydrogen) atoms. The van der Waals surface area contributed by atoms with Crippen LogP contribution in [0, 0.1) is 13.8 Å². The van der Waals surface area contributed by atoms with Gasteiger partial charge in [0.1, 0.15) is 0 Å². The Hall–Kier alpha value is -0.820. The molecule has 1 N–H and O–H groups in total. The normalized spacial score (nSPS) is 13.0. The molecule has 0 aromatic heterocycles. The van der Waals surface area contributed by atoms with Gasteiger partial charge in [-0.2, -0.15) is 0 Å². The van der Waals surface area contributed by atoms with Crippen molar-refractivity contribution in [1.82, 2.24) is 0 Å². The molecule has 0 heterocycles. The molecule has 0 bridgehead atoms. The number of benzene rings is 1. The fourth-order valence-corrected chi connectivity index (χ4v) is 0.996. The van der Waals surface area contributed by atoms with Crippen molar-refractivity contribution >= 4 is 0 Å². The molecule has 1 nitrogen and oxygen atoms in total. The van der Waals surface area contributed by atoms with Gasteiger partial charge in [-0.25, -0.2) is 0 Å². The molecule has 1 heteroatoms. The van der Waals surface area contributed by atoms with Crippen molar-refractivity contribution in [3.8, 4) is 0 Å². The highest BCUT2D eigenvalue weighted by Crippen LogP contribution is 2.05. The molecule has 1 unspecified atom stereocenters. The molecule has 0 aliphatic rings. The second kappa shape index (κ2) is 3.54. The third kappa shape index (κ3) is 2.72. The first-order valence-electron chi connectivity index (χ1n) is 3.75. The van der Waals surface area contributed by atoms with E-state index in [-0.39, 0.29) is 0 Å². The summed E-state index contributed by atoms with van der Waals surface area (Å²) in [6.07, 6.45) is 0.151. The Morgan fingerprint density at radius 3 is 2.36 bits per heavy atom. The largest absolute Gasteiger partial charge is 0.393 e. The minimum Gasteiger partial charge on any atom is -0.393 e. The maximum Gasteiger partial charge on any atom is 0.0581 e. The van der Waals surface area contributed by atoms with Crippen molar-refractivity contribution < 1.29 is 5.11 Å². The van der Waals surface area contributed by atoms with Gasteiger partial charge in [0.05, 0.1) is 6.10 Å². The molecule has 0 spiro atoms. The van der Waals surface area contributed by atoms with Gasteiger partial charge in [-0.3, -0.25) is 0 Å². The molecular weight excluding hydrogens is 136 g/mol. The lowest BCUT2D eigenvalue weighted by Gasteiger charge is -2.03. The minimum absolute atomic E-state index is 0.488. The summed E-state index contributed by atoms with van der Waals surface area (Å²) in [5.41, 5.74) is 2.38. The Labute approximate surface area is 67.7 Å². The number of hydrogen-bond acceptors (Lipinski definition) is 1. The second-order valence-electron chi connectivity index (χ2n) is 2.84. The summed E-state index contributed by atoms with van der Waals surface area (Å²) >= 11 is 0. The Morgan fingerprint density at radius 2 is 1.91 bits per heavy atom. The van der Waals surface area contributed by atoms with Gasteiger partial charge in [-0.05, 0) is 25.8 Å². The first-order valence-corrected chi connectivity index (χ1v) is 3.75. The Kier molecular flexibility index (Phi) is 2.66. The van der Waals surface area contributed by atoms with E-state index in [0.717, 1.165) is 5.56 Å². The van der Waals surface area contributed by atoms with Gasteiger partial charge in [-0.1, -0.05) is 29.8 Å². The summed E-state index contributed by atoms with van der Waals surface area (Å²) in [4.78, 5) is 0. The molecule has 0 fully saturated rings. The van der Waals surface area contributed by atoms with Gasteiger partial charge >= 0.3 is 0 Å². The summed E-state index contributed by atoms with van der Waals surface area (Å²) in [5, 5.41) is 8.96. The number of aliphatic hydroxyl groups is 1. The zero-order chi connectivity index (χ0) is 8.27. The third-order valence-corrected chi connectivity index (χ3v) is 1.59. The lowest BCUT2D eigenvalue weighted by molar-refractivity contribution is 0.221. The van der Waals surface area contributed by atoms with Crippen molar-refractivity contribution in [3.05, 3.63) is 42.3 Å². The molecule has 1 aromatic rings. The molecule has 0 amide bonds. The van der Waals surface area contributed by atoms with Crippen LogP contribution in [0.1, 0.15) is 11.1 Å². The number of aliphatic hydroxyl groups excluding tert-OH is 1. The summed E-state index contributed by atoms with van der Waals surface area (Å²) in [6.45, 7) is 5.56. The van der Waals surface area contributed by atoms with Gasteiger partial charge < -0.3 is 5.11 Å². The molecular formula is C10H13O. The van der Waals surface area contributed by atoms with E-state index in [1.807, 2.05) is 31.2 Å². The van der Waals surface area contributed by atoms with Gasteiger partial charge in [0.2, 0.25) is 0 Å². The van der Waals surface area contributed by atoms with E-state index in [1.165, 1.54) is 5.56 Å². The summed E-state index contributed by atoms with van der Waals surface area (Å²) in [7, 11) is 0. The van der Waals surface area contributed by atoms with E-state index in [0.29, 0.717) is 6.42 Å². The van der Waals surface area contributed by atoms with Crippen LogP contribution in [0.4, 0.5) is 0 Å². The second-order valence-corrected chi connectivity index (χ2v) is 2.84. The van der Waals surface area contributed by atoms with Crippen LogP contribution in [0.25, 0.3) is 0 Å². The molecule has 1 rings (SSSR count). The van der Waals surface area contributed by atoms with Crippen LogP contribution in [0.3, 0.4) is 0 Å². The topological polar surface area (TPSA) is 20.2 Å². The lowest BCUT2D eigenvalue weighted by Crippen LogP contribution is -2.04. The van der Waals surface area contributed by atoms with Crippen molar-refractivity contribution in [2.45, 2.75) is 19.4 Å². The highest BCUT2D eigenvalue weighted by atomic mass is 16.3. The number of rotatable bonds is 2. The van der Waals surface area contributed by atoms with E-state index in [4.69, 9.17) is 5.11 Å². The fraction of sp³-hybridized carbons (Fsp3) is 0.300. The van der Waals surface area contributed by atoms with Crippen molar-refractivity contribution in [2.75, 3.05) is 0 Å². The lowest BCUT2D eigenvalue weighted by atomic mass is 10.1. The molecule has 1 radical (unpaired) electrons. The average molecular weight is 149 g/mol. The molecule has 59 valence electrons. The number of aryl methyl sites for hydroxylation is 1. The van der Waals surface area contributed by atoms with E-state index < -0.39 is 6.10 Å². The van der Waals surface area contributed by atoms with Crippen LogP contribution in [0.15, 0.2) is 24.3 Å². The molecule has 0 aliphatic heterocycles. The molecule has 1 aromatic carbocycles. The molecule has 0 saturated carbocycles. The predicted octanol–water partition coefficient (Wildman–Crippen LogP) is 1.73. The molecule has 1 atom stereocenters. The summed E-state index contributed by atoms with van der Waals surface area (Å²) in [5.74, 6) is 0. The predicted molar refractivity (Wildman–Crippen MR) is 46.2 cm³/mol. The smallest absolute Gasteiger partial charge is 0.0581 e. The highest BCUT2D eigenvalue weighted by molar-refractivity contribution is 5.21. The number of hydrogen-bond donors (Lipinski definition) is 1. The van der Waals surface area contributed by atoms with Gasteiger partial charge in [0, 0.05) is 0 Å². The summed E-state index contributed by atoms with van der Waals surface area (Å²) in [6, 6.07) is 8.11. The van der Waals surface area contributed by atoms with Crippen molar-refractivity contribution in [1.29, 1.82) is 0 Å². The van der Waals surface area contributed by atoms with E-state index in [9.17, 15) is 0 Å². The Morgan fingerprint density at radius 1 is 1.36 bits per heavy atom. The zero-order valence-corrected chi connectivity index (χ0v) is 6.75. The van der Waals surface area contributed by atoms with Gasteiger partial charge in [0.25, 0.3) is 0 Å². The van der Waals surface area contributed by atoms with Crippen molar-refractivity contribution in [3.63, 3.8) is 0 Å². The Bertz CT molecular complexity index is 211. The fourth-order valence-electron chi connectivity index (χ4n) is 0.996. The summed E-state index contributed by atoms with van der Waals surface area (Å²) < 4.78 is 0. The minimum atomic E-state index is -0.488. The highest BCUT2D eigenvalue weighted by Gasteiger charge is 1.97. The monoisotopic (exact) mass is 149 g/mol. The average Bonchev–Trinajstić information content (AvgIpc) is 1.93. The standard InChI is InChI=1S/C10H13O/c1-8-3-5-10(6-4-8)7-9(2)11/h3-6,9,11H,2,7H2,1H3. The van der Waals surface area contributed by atoms with Crippen LogP contribution in [0.2, 0.25) is 0 Å².